The molecule has 6 nitrogen and oxygen atoms in total. The van der Waals surface area contributed by atoms with E-state index in [2.05, 4.69) is 15.1 Å². The third-order valence-electron chi connectivity index (χ3n) is 3.69. The topological polar surface area (TPSA) is 78.7 Å². The van der Waals surface area contributed by atoms with Gasteiger partial charge in [-0.15, -0.1) is 0 Å². The Morgan fingerprint density at radius 2 is 2.05 bits per heavy atom. The summed E-state index contributed by atoms with van der Waals surface area (Å²) < 4.78 is 0. The average molecular weight is 296 g/mol. The fourth-order valence-corrected chi connectivity index (χ4v) is 2.48. The zero-order valence-corrected chi connectivity index (χ0v) is 12.2. The molecule has 2 aromatic heterocycles. The third kappa shape index (κ3) is 2.37. The molecule has 1 amide bonds. The quantitative estimate of drug-likeness (QED) is 0.938. The molecule has 6 heteroatoms. The summed E-state index contributed by atoms with van der Waals surface area (Å²) in [5, 5.41) is 16.6. The van der Waals surface area contributed by atoms with Crippen molar-refractivity contribution in [2.45, 2.75) is 25.5 Å². The van der Waals surface area contributed by atoms with Gasteiger partial charge in [0.25, 0.3) is 5.91 Å². The molecule has 0 saturated heterocycles. The molecule has 0 radical (unpaired) electrons. The Bertz CT molecular complexity index is 703. The van der Waals surface area contributed by atoms with Gasteiger partial charge in [0.2, 0.25) is 0 Å². The van der Waals surface area contributed by atoms with Crippen LogP contribution in [0.15, 0.2) is 54.2 Å². The number of hydrogen-bond donors (Lipinski definition) is 1. The van der Waals surface area contributed by atoms with Crippen molar-refractivity contribution >= 4 is 11.6 Å². The van der Waals surface area contributed by atoms with E-state index in [0.717, 1.165) is 10.7 Å². The van der Waals surface area contributed by atoms with E-state index in [9.17, 15) is 9.90 Å². The summed E-state index contributed by atoms with van der Waals surface area (Å²) in [4.78, 5) is 20.6. The Kier molecular flexibility index (Phi) is 3.68. The largest absolute Gasteiger partial charge is 0.365 e. The van der Waals surface area contributed by atoms with E-state index in [0.29, 0.717) is 24.0 Å². The summed E-state index contributed by atoms with van der Waals surface area (Å²) in [5.74, 6) is -0.379. The van der Waals surface area contributed by atoms with Gasteiger partial charge in [0.05, 0.1) is 5.56 Å². The van der Waals surface area contributed by atoms with Gasteiger partial charge < -0.3 is 5.11 Å². The first-order valence-electron chi connectivity index (χ1n) is 7.09. The lowest BCUT2D eigenvalue weighted by Gasteiger charge is -2.31. The lowest BCUT2D eigenvalue weighted by molar-refractivity contribution is -0.0766. The number of hydrogen-bond acceptors (Lipinski definition) is 5. The molecule has 3 heterocycles. The predicted molar refractivity (Wildman–Crippen MR) is 80.9 cm³/mol. The summed E-state index contributed by atoms with van der Waals surface area (Å²) in [7, 11) is 0. The highest BCUT2D eigenvalue weighted by Crippen LogP contribution is 2.36. The summed E-state index contributed by atoms with van der Waals surface area (Å²) in [5.41, 5.74) is 0.265. The molecule has 3 rings (SSSR count). The van der Waals surface area contributed by atoms with Gasteiger partial charge in [0.15, 0.2) is 5.72 Å². The number of amides is 1. The van der Waals surface area contributed by atoms with E-state index < -0.39 is 5.72 Å². The third-order valence-corrected chi connectivity index (χ3v) is 3.69. The fourth-order valence-electron chi connectivity index (χ4n) is 2.48. The molecule has 0 bridgehead atoms. The minimum absolute atomic E-state index is 0.291. The molecule has 22 heavy (non-hydrogen) atoms. The van der Waals surface area contributed by atoms with E-state index in [1.165, 1.54) is 6.20 Å². The Balaban J connectivity index is 2.02. The van der Waals surface area contributed by atoms with Crippen LogP contribution in [-0.2, 0) is 5.72 Å². The van der Waals surface area contributed by atoms with Gasteiger partial charge >= 0.3 is 0 Å². The zero-order chi connectivity index (χ0) is 15.6. The smallest absolute Gasteiger partial charge is 0.278 e. The highest BCUT2D eigenvalue weighted by Gasteiger charge is 2.45. The van der Waals surface area contributed by atoms with Crippen LogP contribution in [0, 0.1) is 0 Å². The number of pyridine rings is 2. The monoisotopic (exact) mass is 296 g/mol. The van der Waals surface area contributed by atoms with E-state index in [1.54, 1.807) is 42.9 Å². The van der Waals surface area contributed by atoms with Crippen LogP contribution in [0.4, 0.5) is 0 Å². The summed E-state index contributed by atoms with van der Waals surface area (Å²) in [6.45, 7) is 1.95. The van der Waals surface area contributed by atoms with Gasteiger partial charge in [-0.2, -0.15) is 10.1 Å². The number of nitrogens with zero attached hydrogens (tertiary/aromatic N) is 4. The number of aliphatic hydroxyl groups is 1. The molecule has 1 aliphatic heterocycles. The van der Waals surface area contributed by atoms with Crippen molar-refractivity contribution in [1.29, 1.82) is 0 Å². The Morgan fingerprint density at radius 1 is 1.27 bits per heavy atom. The lowest BCUT2D eigenvalue weighted by atomic mass is 9.97. The molecule has 0 fully saturated rings. The Labute approximate surface area is 128 Å². The molecule has 112 valence electrons. The van der Waals surface area contributed by atoms with Gasteiger partial charge in [0.1, 0.15) is 0 Å². The van der Waals surface area contributed by atoms with Crippen LogP contribution in [0.1, 0.15) is 35.7 Å². The van der Waals surface area contributed by atoms with Crippen LogP contribution in [0.2, 0.25) is 0 Å². The molecule has 0 spiro atoms. The minimum Gasteiger partial charge on any atom is -0.365 e. The van der Waals surface area contributed by atoms with Crippen molar-refractivity contribution in [3.8, 4) is 0 Å². The van der Waals surface area contributed by atoms with Gasteiger partial charge in [-0.1, -0.05) is 6.92 Å². The second kappa shape index (κ2) is 5.65. The minimum atomic E-state index is -1.48. The number of hydrazone groups is 1. The van der Waals surface area contributed by atoms with Crippen LogP contribution < -0.4 is 0 Å². The molecule has 0 aromatic carbocycles. The standard InChI is InChI=1S/C16H16N4O2/c1-2-14-10-16(22,13-5-8-17-9-6-13)20(19-14)15(21)12-4-3-7-18-11-12/h3-9,11,22H,2,10H2,1H3/t16-/m1/s1. The number of carbonyl (C=O) groups excluding carboxylic acids is 1. The van der Waals surface area contributed by atoms with Crippen LogP contribution in [0.25, 0.3) is 0 Å². The second-order valence-electron chi connectivity index (χ2n) is 5.11. The Hall–Kier alpha value is -2.60. The summed E-state index contributed by atoms with van der Waals surface area (Å²) >= 11 is 0. The molecule has 0 aliphatic carbocycles. The molecule has 0 saturated carbocycles. The van der Waals surface area contributed by atoms with E-state index in [-0.39, 0.29) is 5.91 Å². The normalized spacial score (nSPS) is 20.8. The number of carbonyl (C=O) groups is 1. The maximum absolute atomic E-state index is 12.7. The number of rotatable bonds is 3. The van der Waals surface area contributed by atoms with Crippen LogP contribution in [0.5, 0.6) is 0 Å². The first-order chi connectivity index (χ1) is 10.6. The molecule has 1 atom stereocenters. The second-order valence-corrected chi connectivity index (χ2v) is 5.11. The molecule has 1 aliphatic rings. The van der Waals surface area contributed by atoms with Crippen molar-refractivity contribution < 1.29 is 9.90 Å². The van der Waals surface area contributed by atoms with Gasteiger partial charge in [-0.05, 0) is 30.7 Å². The first-order valence-corrected chi connectivity index (χ1v) is 7.09. The fraction of sp³-hybridized carbons (Fsp3) is 0.250. The molecular weight excluding hydrogens is 280 g/mol. The molecule has 2 aromatic rings. The van der Waals surface area contributed by atoms with Crippen LogP contribution in [0.3, 0.4) is 0 Å². The highest BCUT2D eigenvalue weighted by atomic mass is 16.3. The van der Waals surface area contributed by atoms with Gasteiger partial charge in [0, 0.05) is 42.5 Å². The average Bonchev–Trinajstić information content (AvgIpc) is 2.94. The lowest BCUT2D eigenvalue weighted by Crippen LogP contribution is -2.43. The highest BCUT2D eigenvalue weighted by molar-refractivity contribution is 5.98. The van der Waals surface area contributed by atoms with E-state index in [4.69, 9.17) is 0 Å². The molecular formula is C16H16N4O2. The SMILES string of the molecule is CCC1=NN(C(=O)c2cccnc2)[C@](O)(c2ccncc2)C1. The van der Waals surface area contributed by atoms with Crippen molar-refractivity contribution in [2.75, 3.05) is 0 Å². The van der Waals surface area contributed by atoms with Crippen molar-refractivity contribution in [3.63, 3.8) is 0 Å². The number of aromatic nitrogens is 2. The first kappa shape index (κ1) is 14.3. The van der Waals surface area contributed by atoms with Crippen molar-refractivity contribution in [2.24, 2.45) is 5.10 Å². The Morgan fingerprint density at radius 3 is 2.68 bits per heavy atom. The summed E-state index contributed by atoms with van der Waals surface area (Å²) in [6.07, 6.45) is 7.20. The van der Waals surface area contributed by atoms with Crippen molar-refractivity contribution in [1.82, 2.24) is 15.0 Å². The van der Waals surface area contributed by atoms with Crippen LogP contribution >= 0.6 is 0 Å². The molecule has 0 unspecified atom stereocenters. The van der Waals surface area contributed by atoms with Gasteiger partial charge in [-0.3, -0.25) is 14.8 Å². The zero-order valence-electron chi connectivity index (χ0n) is 12.2. The van der Waals surface area contributed by atoms with Crippen molar-refractivity contribution in [3.05, 3.63) is 60.2 Å². The van der Waals surface area contributed by atoms with E-state index >= 15 is 0 Å². The predicted octanol–water partition coefficient (Wildman–Crippen LogP) is 1.93. The van der Waals surface area contributed by atoms with Crippen LogP contribution in [-0.4, -0.2) is 31.7 Å². The summed E-state index contributed by atoms with van der Waals surface area (Å²) in [6, 6.07) is 6.72. The van der Waals surface area contributed by atoms with Gasteiger partial charge in [-0.25, -0.2) is 0 Å². The molecule has 1 N–H and O–H groups in total. The maximum Gasteiger partial charge on any atom is 0.278 e. The van der Waals surface area contributed by atoms with E-state index in [1.807, 2.05) is 6.92 Å². The maximum atomic E-state index is 12.7.